The minimum atomic E-state index is -0.0487. The van der Waals surface area contributed by atoms with Crippen molar-refractivity contribution in [1.29, 1.82) is 0 Å². The molecule has 1 amide bonds. The molecule has 1 saturated heterocycles. The maximum absolute atomic E-state index is 12.3. The second-order valence-electron chi connectivity index (χ2n) is 4.66. The average Bonchev–Trinajstić information content (AvgIpc) is 2.80. The lowest BCUT2D eigenvalue weighted by atomic mass is 10.2. The second kappa shape index (κ2) is 8.17. The fraction of sp³-hybridized carbons (Fsp3) is 0.294. The lowest BCUT2D eigenvalue weighted by Gasteiger charge is -2.11. The van der Waals surface area contributed by atoms with Gasteiger partial charge in [0.05, 0.1) is 11.5 Å². The Labute approximate surface area is 146 Å². The topological polar surface area (TPSA) is 38.8 Å². The van der Waals surface area contributed by atoms with Gasteiger partial charge in [0.25, 0.3) is 5.91 Å². The molecule has 4 nitrogen and oxygen atoms in total. The van der Waals surface area contributed by atoms with Gasteiger partial charge in [0.15, 0.2) is 11.5 Å². The summed E-state index contributed by atoms with van der Waals surface area (Å²) in [6.45, 7) is 8.99. The van der Waals surface area contributed by atoms with Crippen LogP contribution in [0.15, 0.2) is 35.8 Å². The van der Waals surface area contributed by atoms with Crippen LogP contribution in [0.2, 0.25) is 0 Å². The first kappa shape index (κ1) is 17.6. The molecule has 2 rings (SSSR count). The van der Waals surface area contributed by atoms with Crippen LogP contribution in [0.4, 0.5) is 0 Å². The van der Waals surface area contributed by atoms with Crippen molar-refractivity contribution in [3.05, 3.63) is 41.3 Å². The maximum atomic E-state index is 12.3. The highest BCUT2D eigenvalue weighted by atomic mass is 32.2. The van der Waals surface area contributed by atoms with Crippen molar-refractivity contribution in [2.45, 2.75) is 13.8 Å². The summed E-state index contributed by atoms with van der Waals surface area (Å²) in [5, 5.41) is 0. The summed E-state index contributed by atoms with van der Waals surface area (Å²) < 4.78 is 11.8. The number of carbonyl (C=O) groups excluding carboxylic acids is 1. The molecule has 0 unspecified atom stereocenters. The fourth-order valence-electron chi connectivity index (χ4n) is 2.07. The molecule has 1 aromatic rings. The van der Waals surface area contributed by atoms with E-state index in [4.69, 9.17) is 21.7 Å². The Morgan fingerprint density at radius 1 is 1.30 bits per heavy atom. The van der Waals surface area contributed by atoms with Crippen LogP contribution in [0, 0.1) is 0 Å². The third-order valence-corrected chi connectivity index (χ3v) is 4.49. The highest BCUT2D eigenvalue weighted by Gasteiger charge is 2.30. The zero-order valence-corrected chi connectivity index (χ0v) is 14.8. The van der Waals surface area contributed by atoms with Gasteiger partial charge in [0, 0.05) is 6.54 Å². The Bertz CT molecular complexity index is 655. The Kier molecular flexibility index (Phi) is 6.24. The zero-order valence-electron chi connectivity index (χ0n) is 13.2. The van der Waals surface area contributed by atoms with E-state index in [1.165, 1.54) is 11.8 Å². The molecule has 0 aliphatic carbocycles. The van der Waals surface area contributed by atoms with E-state index in [2.05, 4.69) is 6.58 Å². The highest BCUT2D eigenvalue weighted by molar-refractivity contribution is 8.26. The molecule has 0 saturated carbocycles. The van der Waals surface area contributed by atoms with Crippen LogP contribution in [0.25, 0.3) is 6.08 Å². The molecule has 0 bridgehead atoms. The number of benzene rings is 1. The van der Waals surface area contributed by atoms with Crippen LogP contribution < -0.4 is 9.47 Å². The summed E-state index contributed by atoms with van der Waals surface area (Å²) in [5.74, 6) is 1.26. The van der Waals surface area contributed by atoms with Gasteiger partial charge in [-0.2, -0.15) is 0 Å². The SMILES string of the molecule is C=CCOc1ccc(/C=C2/SC(=S)N(CC)C2=O)cc1OCC. The standard InChI is InChI=1S/C17H19NO3S2/c1-4-9-21-13-8-7-12(10-14(13)20-6-3)11-15-16(19)18(5-2)17(22)23-15/h4,7-8,10-11H,1,5-6,9H2,2-3H3/b15-11+. The predicted molar refractivity (Wildman–Crippen MR) is 98.9 cm³/mol. The fourth-order valence-corrected chi connectivity index (χ4v) is 3.46. The number of rotatable bonds is 7. The smallest absolute Gasteiger partial charge is 0.266 e. The predicted octanol–water partition coefficient (Wildman–Crippen LogP) is 3.87. The Morgan fingerprint density at radius 3 is 2.70 bits per heavy atom. The summed E-state index contributed by atoms with van der Waals surface area (Å²) in [6, 6.07) is 5.58. The van der Waals surface area contributed by atoms with Gasteiger partial charge < -0.3 is 9.47 Å². The van der Waals surface area contributed by atoms with Gasteiger partial charge in [-0.05, 0) is 37.6 Å². The van der Waals surface area contributed by atoms with Gasteiger partial charge in [-0.15, -0.1) is 0 Å². The van der Waals surface area contributed by atoms with Crippen molar-refractivity contribution in [3.8, 4) is 11.5 Å². The molecule has 122 valence electrons. The van der Waals surface area contributed by atoms with Crippen molar-refractivity contribution in [1.82, 2.24) is 4.90 Å². The lowest BCUT2D eigenvalue weighted by molar-refractivity contribution is -0.121. The van der Waals surface area contributed by atoms with Crippen molar-refractivity contribution in [2.75, 3.05) is 19.8 Å². The molecule has 0 N–H and O–H groups in total. The van der Waals surface area contributed by atoms with E-state index in [1.807, 2.05) is 38.1 Å². The van der Waals surface area contributed by atoms with E-state index >= 15 is 0 Å². The zero-order chi connectivity index (χ0) is 16.8. The number of ether oxygens (including phenoxy) is 2. The molecule has 1 aliphatic heterocycles. The molecule has 0 aromatic heterocycles. The van der Waals surface area contributed by atoms with Crippen LogP contribution in [-0.2, 0) is 4.79 Å². The third-order valence-electron chi connectivity index (χ3n) is 3.11. The van der Waals surface area contributed by atoms with Crippen molar-refractivity contribution < 1.29 is 14.3 Å². The second-order valence-corrected chi connectivity index (χ2v) is 6.34. The highest BCUT2D eigenvalue weighted by Crippen LogP contribution is 2.34. The van der Waals surface area contributed by atoms with Gasteiger partial charge in [-0.25, -0.2) is 0 Å². The monoisotopic (exact) mass is 349 g/mol. The Hall–Kier alpha value is -1.79. The van der Waals surface area contributed by atoms with Gasteiger partial charge in [0.2, 0.25) is 0 Å². The summed E-state index contributed by atoms with van der Waals surface area (Å²) in [7, 11) is 0. The van der Waals surface area contributed by atoms with Crippen molar-refractivity contribution in [2.24, 2.45) is 0 Å². The van der Waals surface area contributed by atoms with Crippen LogP contribution in [0.5, 0.6) is 11.5 Å². The molecule has 1 fully saturated rings. The molecular formula is C17H19NO3S2. The van der Waals surface area contributed by atoms with Crippen molar-refractivity contribution >= 4 is 40.3 Å². The molecule has 1 heterocycles. The first-order chi connectivity index (χ1) is 11.1. The van der Waals surface area contributed by atoms with E-state index in [1.54, 1.807) is 11.0 Å². The number of hydrogen-bond donors (Lipinski definition) is 0. The van der Waals surface area contributed by atoms with E-state index < -0.39 is 0 Å². The Balaban J connectivity index is 2.28. The van der Waals surface area contributed by atoms with Crippen molar-refractivity contribution in [3.63, 3.8) is 0 Å². The quantitative estimate of drug-likeness (QED) is 0.424. The number of likely N-dealkylation sites (N-methyl/N-ethyl adjacent to an activating group) is 1. The van der Waals surface area contributed by atoms with Gasteiger partial charge in [-0.1, -0.05) is 42.7 Å². The number of thiocarbonyl (C=S) groups is 1. The van der Waals surface area contributed by atoms with Crippen LogP contribution in [0.3, 0.4) is 0 Å². The van der Waals surface area contributed by atoms with E-state index in [0.29, 0.717) is 40.5 Å². The summed E-state index contributed by atoms with van der Waals surface area (Å²) in [6.07, 6.45) is 3.51. The van der Waals surface area contributed by atoms with E-state index in [0.717, 1.165) is 5.56 Å². The molecule has 23 heavy (non-hydrogen) atoms. The molecule has 0 radical (unpaired) electrons. The number of thioether (sulfide) groups is 1. The molecule has 0 atom stereocenters. The maximum Gasteiger partial charge on any atom is 0.266 e. The largest absolute Gasteiger partial charge is 0.490 e. The summed E-state index contributed by atoms with van der Waals surface area (Å²) in [5.41, 5.74) is 0.871. The molecule has 1 aromatic carbocycles. The molecule has 1 aliphatic rings. The van der Waals surface area contributed by atoms with Crippen LogP contribution in [-0.4, -0.2) is 34.9 Å². The average molecular weight is 349 g/mol. The third kappa shape index (κ3) is 4.14. The Morgan fingerprint density at radius 2 is 2.09 bits per heavy atom. The summed E-state index contributed by atoms with van der Waals surface area (Å²) in [4.78, 5) is 14.5. The first-order valence-corrected chi connectivity index (χ1v) is 8.59. The summed E-state index contributed by atoms with van der Waals surface area (Å²) >= 11 is 6.54. The minimum Gasteiger partial charge on any atom is -0.490 e. The number of hydrogen-bond acceptors (Lipinski definition) is 5. The van der Waals surface area contributed by atoms with Crippen LogP contribution >= 0.6 is 24.0 Å². The molecule has 6 heteroatoms. The lowest BCUT2D eigenvalue weighted by Crippen LogP contribution is -2.27. The molecular weight excluding hydrogens is 330 g/mol. The van der Waals surface area contributed by atoms with E-state index in [9.17, 15) is 4.79 Å². The van der Waals surface area contributed by atoms with Gasteiger partial charge in [0.1, 0.15) is 10.9 Å². The number of amides is 1. The number of carbonyl (C=O) groups is 1. The van der Waals surface area contributed by atoms with E-state index in [-0.39, 0.29) is 5.91 Å². The normalized spacial score (nSPS) is 16.1. The first-order valence-electron chi connectivity index (χ1n) is 7.36. The van der Waals surface area contributed by atoms with Gasteiger partial charge >= 0.3 is 0 Å². The minimum absolute atomic E-state index is 0.0487. The molecule has 0 spiro atoms. The van der Waals surface area contributed by atoms with Gasteiger partial charge in [-0.3, -0.25) is 9.69 Å². The van der Waals surface area contributed by atoms with Crippen LogP contribution in [0.1, 0.15) is 19.4 Å². The number of nitrogens with zero attached hydrogens (tertiary/aromatic N) is 1.